The number of nitriles is 1. The zero-order valence-corrected chi connectivity index (χ0v) is 12.7. The van der Waals surface area contributed by atoms with Crippen molar-refractivity contribution >= 4 is 5.91 Å². The first kappa shape index (κ1) is 15.6. The number of nitrogens with one attached hydrogen (secondary N) is 2. The van der Waals surface area contributed by atoms with Crippen molar-refractivity contribution in [2.24, 2.45) is 5.92 Å². The van der Waals surface area contributed by atoms with Crippen LogP contribution in [0.5, 0.6) is 0 Å². The van der Waals surface area contributed by atoms with Crippen LogP contribution in [0.15, 0.2) is 12.3 Å². The van der Waals surface area contributed by atoms with Gasteiger partial charge >= 0.3 is 0 Å². The predicted octanol–water partition coefficient (Wildman–Crippen LogP) is 2.60. The van der Waals surface area contributed by atoms with Gasteiger partial charge in [0.1, 0.15) is 11.8 Å². The number of rotatable bonds is 5. The molecule has 0 saturated carbocycles. The van der Waals surface area contributed by atoms with Gasteiger partial charge in [-0.1, -0.05) is 26.7 Å². The van der Waals surface area contributed by atoms with Crippen LogP contribution in [0.25, 0.3) is 0 Å². The maximum absolute atomic E-state index is 12.2. The van der Waals surface area contributed by atoms with Gasteiger partial charge < -0.3 is 15.0 Å². The van der Waals surface area contributed by atoms with Crippen LogP contribution in [0.2, 0.25) is 0 Å². The number of hydrogen-bond acceptors (Lipinski definition) is 3. The van der Waals surface area contributed by atoms with Crippen molar-refractivity contribution in [1.82, 2.24) is 10.3 Å². The van der Waals surface area contributed by atoms with E-state index in [1.54, 1.807) is 12.3 Å². The average Bonchev–Trinajstić information content (AvgIpc) is 2.98. The lowest BCUT2D eigenvalue weighted by Crippen LogP contribution is -2.44. The lowest BCUT2D eigenvalue weighted by atomic mass is 9.89. The molecule has 1 amide bonds. The molecule has 0 spiro atoms. The summed E-state index contributed by atoms with van der Waals surface area (Å²) in [5, 5.41) is 11.8. The second-order valence-corrected chi connectivity index (χ2v) is 5.59. The Morgan fingerprint density at radius 3 is 2.95 bits per heavy atom. The fraction of sp³-hybridized carbons (Fsp3) is 0.625. The van der Waals surface area contributed by atoms with Crippen molar-refractivity contribution in [3.63, 3.8) is 0 Å². The maximum atomic E-state index is 12.2. The summed E-state index contributed by atoms with van der Waals surface area (Å²) in [6.07, 6.45) is 5.69. The topological polar surface area (TPSA) is 77.9 Å². The Morgan fingerprint density at radius 2 is 2.33 bits per heavy atom. The SMILES string of the molecule is CCC(CC)C1CC(NC(=O)c2cc(C#N)c[nH]2)CCO1. The third-order valence-corrected chi connectivity index (χ3v) is 4.28. The molecule has 1 aliphatic heterocycles. The van der Waals surface area contributed by atoms with Gasteiger partial charge in [0.2, 0.25) is 0 Å². The fourth-order valence-corrected chi connectivity index (χ4v) is 2.96. The van der Waals surface area contributed by atoms with Gasteiger partial charge in [-0.05, 0) is 24.8 Å². The van der Waals surface area contributed by atoms with Crippen molar-refractivity contribution in [3.8, 4) is 6.07 Å². The van der Waals surface area contributed by atoms with Crippen molar-refractivity contribution in [3.05, 3.63) is 23.5 Å². The molecule has 2 rings (SSSR count). The number of hydrogen-bond donors (Lipinski definition) is 2. The minimum atomic E-state index is -0.147. The van der Waals surface area contributed by atoms with E-state index in [2.05, 4.69) is 24.1 Å². The second kappa shape index (κ2) is 7.28. The summed E-state index contributed by atoms with van der Waals surface area (Å²) in [6.45, 7) is 5.06. The monoisotopic (exact) mass is 289 g/mol. The zero-order valence-electron chi connectivity index (χ0n) is 12.7. The summed E-state index contributed by atoms with van der Waals surface area (Å²) in [6, 6.07) is 3.73. The fourth-order valence-electron chi connectivity index (χ4n) is 2.96. The smallest absolute Gasteiger partial charge is 0.267 e. The number of amides is 1. The number of nitrogens with zero attached hydrogens (tertiary/aromatic N) is 1. The summed E-state index contributed by atoms with van der Waals surface area (Å²) < 4.78 is 5.86. The van der Waals surface area contributed by atoms with Crippen molar-refractivity contribution in [2.75, 3.05) is 6.61 Å². The molecule has 1 saturated heterocycles. The van der Waals surface area contributed by atoms with Crippen LogP contribution in [-0.2, 0) is 4.74 Å². The Balaban J connectivity index is 1.93. The molecule has 5 heteroatoms. The summed E-state index contributed by atoms with van der Waals surface area (Å²) >= 11 is 0. The van der Waals surface area contributed by atoms with Gasteiger partial charge in [-0.25, -0.2) is 0 Å². The highest BCUT2D eigenvalue weighted by Gasteiger charge is 2.28. The van der Waals surface area contributed by atoms with Crippen LogP contribution in [0.3, 0.4) is 0 Å². The van der Waals surface area contributed by atoms with E-state index < -0.39 is 0 Å². The van der Waals surface area contributed by atoms with E-state index in [9.17, 15) is 4.79 Å². The highest BCUT2D eigenvalue weighted by atomic mass is 16.5. The second-order valence-electron chi connectivity index (χ2n) is 5.59. The molecule has 21 heavy (non-hydrogen) atoms. The standard InChI is InChI=1S/C16H23N3O2/c1-3-12(4-2)15-8-13(5-6-21-15)19-16(20)14-7-11(9-17)10-18-14/h7,10,12-13,15,18H,3-6,8H2,1-2H3,(H,19,20). The van der Waals surface area contributed by atoms with Crippen LogP contribution >= 0.6 is 0 Å². The number of H-pyrrole nitrogens is 1. The van der Waals surface area contributed by atoms with E-state index in [4.69, 9.17) is 10.00 Å². The summed E-state index contributed by atoms with van der Waals surface area (Å²) in [4.78, 5) is 15.0. The third kappa shape index (κ3) is 3.85. The molecule has 0 aromatic carbocycles. The van der Waals surface area contributed by atoms with Gasteiger partial charge in [0, 0.05) is 18.8 Å². The maximum Gasteiger partial charge on any atom is 0.267 e. The first-order valence-corrected chi connectivity index (χ1v) is 7.68. The van der Waals surface area contributed by atoms with Gasteiger partial charge in [0.25, 0.3) is 5.91 Å². The van der Waals surface area contributed by atoms with Gasteiger partial charge in [0.15, 0.2) is 0 Å². The molecule has 114 valence electrons. The lowest BCUT2D eigenvalue weighted by Gasteiger charge is -2.34. The zero-order chi connectivity index (χ0) is 15.2. The van der Waals surface area contributed by atoms with Crippen LogP contribution < -0.4 is 5.32 Å². The van der Waals surface area contributed by atoms with Crippen molar-refractivity contribution in [2.45, 2.75) is 51.7 Å². The Hall–Kier alpha value is -1.80. The lowest BCUT2D eigenvalue weighted by molar-refractivity contribution is -0.0337. The molecule has 2 heterocycles. The first-order valence-electron chi connectivity index (χ1n) is 7.68. The minimum Gasteiger partial charge on any atom is -0.378 e. The number of carbonyl (C=O) groups is 1. The van der Waals surface area contributed by atoms with Crippen LogP contribution in [0.4, 0.5) is 0 Å². The molecular weight excluding hydrogens is 266 g/mol. The first-order chi connectivity index (χ1) is 10.2. The van der Waals surface area contributed by atoms with Crippen molar-refractivity contribution < 1.29 is 9.53 Å². The molecule has 1 aromatic rings. The molecule has 1 aromatic heterocycles. The van der Waals surface area contributed by atoms with Gasteiger partial charge in [-0.15, -0.1) is 0 Å². The Labute approximate surface area is 125 Å². The molecule has 2 unspecified atom stereocenters. The molecular formula is C16H23N3O2. The molecule has 1 fully saturated rings. The molecule has 0 radical (unpaired) electrons. The number of ether oxygens (including phenoxy) is 1. The summed E-state index contributed by atoms with van der Waals surface area (Å²) in [7, 11) is 0. The average molecular weight is 289 g/mol. The van der Waals surface area contributed by atoms with Crippen molar-refractivity contribution in [1.29, 1.82) is 5.26 Å². The van der Waals surface area contributed by atoms with E-state index >= 15 is 0 Å². The molecule has 1 aliphatic rings. The van der Waals surface area contributed by atoms with E-state index in [-0.39, 0.29) is 18.1 Å². The predicted molar refractivity (Wildman–Crippen MR) is 79.8 cm³/mol. The van der Waals surface area contributed by atoms with Crippen LogP contribution in [0, 0.1) is 17.2 Å². The molecule has 0 aliphatic carbocycles. The normalized spacial score (nSPS) is 22.0. The molecule has 0 bridgehead atoms. The highest BCUT2D eigenvalue weighted by Crippen LogP contribution is 2.25. The summed E-state index contributed by atoms with van der Waals surface area (Å²) in [5.41, 5.74) is 0.916. The summed E-state index contributed by atoms with van der Waals surface area (Å²) in [5.74, 6) is 0.409. The Kier molecular flexibility index (Phi) is 5.40. The largest absolute Gasteiger partial charge is 0.378 e. The number of carbonyl (C=O) groups excluding carboxylic acids is 1. The van der Waals surface area contributed by atoms with E-state index in [1.807, 2.05) is 6.07 Å². The Morgan fingerprint density at radius 1 is 1.57 bits per heavy atom. The quantitative estimate of drug-likeness (QED) is 0.874. The van der Waals surface area contributed by atoms with Crippen LogP contribution in [0.1, 0.15) is 55.6 Å². The number of aromatic nitrogens is 1. The van der Waals surface area contributed by atoms with Gasteiger partial charge in [-0.2, -0.15) is 5.26 Å². The number of aromatic amines is 1. The minimum absolute atomic E-state index is 0.144. The highest BCUT2D eigenvalue weighted by molar-refractivity contribution is 5.93. The van der Waals surface area contributed by atoms with E-state index in [0.717, 1.165) is 25.7 Å². The Bertz CT molecular complexity index is 514. The molecule has 2 N–H and O–H groups in total. The third-order valence-electron chi connectivity index (χ3n) is 4.28. The molecule has 5 nitrogen and oxygen atoms in total. The molecule has 2 atom stereocenters. The van der Waals surface area contributed by atoms with E-state index in [0.29, 0.717) is 23.8 Å². The van der Waals surface area contributed by atoms with Gasteiger partial charge in [0.05, 0.1) is 11.7 Å². The van der Waals surface area contributed by atoms with Crippen LogP contribution in [-0.4, -0.2) is 29.6 Å². The van der Waals surface area contributed by atoms with E-state index in [1.165, 1.54) is 0 Å². The van der Waals surface area contributed by atoms with Gasteiger partial charge in [-0.3, -0.25) is 4.79 Å².